The molecule has 0 saturated carbocycles. The standard InChI is InChI=1S/C27H20F7N5O4/c1-24(23(35)41)12-43-21-16(24)8-18(38-20(21)13-2-5-15(28)6-3-13)25(42,27(32,33)34)11-36-22(40)17-10-39-9-14(26(29,30)31)4-7-19(39)37-17/h2-10,42H,11-12H2,1H3,(H2,35,41)(H,36,40)/t24-,25?/m0/s1. The minimum Gasteiger partial charge on any atom is -0.489 e. The summed E-state index contributed by atoms with van der Waals surface area (Å²) in [6, 6.07) is 6.91. The number of primary amides is 1. The van der Waals surface area contributed by atoms with Gasteiger partial charge < -0.3 is 25.3 Å². The van der Waals surface area contributed by atoms with Crippen molar-refractivity contribution in [3.63, 3.8) is 0 Å². The minimum atomic E-state index is -5.47. The van der Waals surface area contributed by atoms with Crippen LogP contribution in [0.3, 0.4) is 0 Å². The molecule has 2 atom stereocenters. The molecular weight excluding hydrogens is 591 g/mol. The Balaban J connectivity index is 1.55. The quantitative estimate of drug-likeness (QED) is 0.284. The molecule has 2 amide bonds. The van der Waals surface area contributed by atoms with Crippen LogP contribution >= 0.6 is 0 Å². The van der Waals surface area contributed by atoms with Gasteiger partial charge in [-0.3, -0.25) is 9.59 Å². The maximum absolute atomic E-state index is 14.5. The summed E-state index contributed by atoms with van der Waals surface area (Å²) in [6.07, 6.45) is -8.64. The maximum Gasteiger partial charge on any atom is 0.424 e. The zero-order chi connectivity index (χ0) is 31.5. The Morgan fingerprint density at radius 1 is 1.07 bits per heavy atom. The molecule has 0 saturated heterocycles. The lowest BCUT2D eigenvalue weighted by molar-refractivity contribution is -0.265. The first-order valence-electron chi connectivity index (χ1n) is 12.3. The van der Waals surface area contributed by atoms with Crippen molar-refractivity contribution < 1.29 is 50.2 Å². The van der Waals surface area contributed by atoms with Crippen LogP contribution in [0, 0.1) is 5.82 Å². The van der Waals surface area contributed by atoms with E-state index in [9.17, 15) is 45.4 Å². The van der Waals surface area contributed by atoms with Gasteiger partial charge in [-0.1, -0.05) is 0 Å². The summed E-state index contributed by atoms with van der Waals surface area (Å²) in [7, 11) is 0. The van der Waals surface area contributed by atoms with E-state index < -0.39 is 64.5 Å². The van der Waals surface area contributed by atoms with Gasteiger partial charge in [-0.05, 0) is 49.4 Å². The lowest BCUT2D eigenvalue weighted by Crippen LogP contribution is -2.52. The smallest absolute Gasteiger partial charge is 0.424 e. The number of hydrogen-bond donors (Lipinski definition) is 3. The molecule has 0 spiro atoms. The first kappa shape index (κ1) is 29.8. The van der Waals surface area contributed by atoms with Crippen LogP contribution in [0.2, 0.25) is 0 Å². The summed E-state index contributed by atoms with van der Waals surface area (Å²) in [5.74, 6) is -2.95. The van der Waals surface area contributed by atoms with E-state index in [-0.39, 0.29) is 34.8 Å². The van der Waals surface area contributed by atoms with Crippen molar-refractivity contribution in [2.24, 2.45) is 5.73 Å². The zero-order valence-corrected chi connectivity index (χ0v) is 21.8. The van der Waals surface area contributed by atoms with E-state index >= 15 is 0 Å². The second-order valence-electron chi connectivity index (χ2n) is 10.1. The highest BCUT2D eigenvalue weighted by Gasteiger charge is 2.57. The van der Waals surface area contributed by atoms with Gasteiger partial charge in [-0.2, -0.15) is 26.3 Å². The molecule has 0 bridgehead atoms. The largest absolute Gasteiger partial charge is 0.489 e. The molecule has 4 heterocycles. The third-order valence-corrected chi connectivity index (χ3v) is 7.14. The number of benzene rings is 1. The molecule has 1 unspecified atom stereocenters. The molecule has 43 heavy (non-hydrogen) atoms. The highest BCUT2D eigenvalue weighted by atomic mass is 19.4. The first-order chi connectivity index (χ1) is 19.9. The van der Waals surface area contributed by atoms with Crippen LogP contribution in [0.4, 0.5) is 30.7 Å². The van der Waals surface area contributed by atoms with Crippen molar-refractivity contribution in [2.45, 2.75) is 30.3 Å². The molecule has 1 aromatic carbocycles. The maximum atomic E-state index is 14.5. The van der Waals surface area contributed by atoms with E-state index in [4.69, 9.17) is 10.5 Å². The van der Waals surface area contributed by atoms with Crippen LogP contribution in [0.25, 0.3) is 16.9 Å². The Morgan fingerprint density at radius 2 is 1.74 bits per heavy atom. The van der Waals surface area contributed by atoms with Gasteiger partial charge in [0.1, 0.15) is 40.6 Å². The number of nitrogens with zero attached hydrogens (tertiary/aromatic N) is 3. The van der Waals surface area contributed by atoms with E-state index in [1.54, 1.807) is 0 Å². The first-order valence-corrected chi connectivity index (χ1v) is 12.3. The predicted octanol–water partition coefficient (Wildman–Crippen LogP) is 3.87. The predicted molar refractivity (Wildman–Crippen MR) is 134 cm³/mol. The van der Waals surface area contributed by atoms with E-state index in [2.05, 4.69) is 9.97 Å². The second-order valence-corrected chi connectivity index (χ2v) is 10.1. The van der Waals surface area contributed by atoms with Crippen molar-refractivity contribution in [1.82, 2.24) is 19.7 Å². The Morgan fingerprint density at radius 3 is 2.35 bits per heavy atom. The van der Waals surface area contributed by atoms with E-state index in [1.807, 2.05) is 5.32 Å². The van der Waals surface area contributed by atoms with Gasteiger partial charge in [0.05, 0.1) is 17.8 Å². The van der Waals surface area contributed by atoms with Crippen LogP contribution in [0.5, 0.6) is 5.75 Å². The number of carbonyl (C=O) groups is 2. The number of nitrogens with two attached hydrogens (primary N) is 1. The van der Waals surface area contributed by atoms with E-state index in [0.717, 1.165) is 34.9 Å². The molecule has 9 nitrogen and oxygen atoms in total. The molecule has 3 aromatic heterocycles. The monoisotopic (exact) mass is 611 g/mol. The van der Waals surface area contributed by atoms with Gasteiger partial charge in [0.2, 0.25) is 11.5 Å². The third-order valence-electron chi connectivity index (χ3n) is 7.14. The molecule has 16 heteroatoms. The third kappa shape index (κ3) is 5.11. The van der Waals surface area contributed by atoms with E-state index in [0.29, 0.717) is 12.3 Å². The molecule has 4 N–H and O–H groups in total. The summed E-state index contributed by atoms with van der Waals surface area (Å²) >= 11 is 0. The molecule has 1 aliphatic heterocycles. The topological polar surface area (TPSA) is 132 Å². The molecule has 4 aromatic rings. The summed E-state index contributed by atoms with van der Waals surface area (Å²) in [4.78, 5) is 32.9. The van der Waals surface area contributed by atoms with Gasteiger partial charge >= 0.3 is 12.4 Å². The van der Waals surface area contributed by atoms with Gasteiger partial charge in [0.15, 0.2) is 0 Å². The number of pyridine rings is 2. The Bertz CT molecular complexity index is 1750. The van der Waals surface area contributed by atoms with Crippen molar-refractivity contribution in [2.75, 3.05) is 13.2 Å². The number of amides is 2. The fourth-order valence-electron chi connectivity index (χ4n) is 4.51. The summed E-state index contributed by atoms with van der Waals surface area (Å²) in [5, 5.41) is 13.0. The molecule has 0 aliphatic carbocycles. The SMILES string of the molecule is C[C@]1(C(N)=O)COc2c1cc(C(O)(CNC(=O)c1cn3cc(C(F)(F)F)ccc3n1)C(F)(F)F)nc2-c1ccc(F)cc1. The highest BCUT2D eigenvalue weighted by molar-refractivity contribution is 5.93. The fraction of sp³-hybridized carbons (Fsp3) is 0.259. The average Bonchev–Trinajstić information content (AvgIpc) is 3.52. The molecule has 0 radical (unpaired) electrons. The molecule has 1 aliphatic rings. The fourth-order valence-corrected chi connectivity index (χ4v) is 4.51. The molecule has 0 fully saturated rings. The van der Waals surface area contributed by atoms with Crippen LogP contribution in [0.15, 0.2) is 54.9 Å². The summed E-state index contributed by atoms with van der Waals surface area (Å²) < 4.78 is 103. The zero-order valence-electron chi connectivity index (χ0n) is 21.8. The number of hydrogen-bond acceptors (Lipinski definition) is 6. The number of halogens is 7. The second kappa shape index (κ2) is 9.93. The van der Waals surface area contributed by atoms with Crippen molar-refractivity contribution >= 4 is 17.5 Å². The number of carbonyl (C=O) groups excluding carboxylic acids is 2. The average molecular weight is 611 g/mol. The number of nitrogens with one attached hydrogen (secondary N) is 1. The highest BCUT2D eigenvalue weighted by Crippen LogP contribution is 2.47. The van der Waals surface area contributed by atoms with E-state index in [1.165, 1.54) is 19.1 Å². The van der Waals surface area contributed by atoms with Gasteiger partial charge in [0, 0.05) is 23.5 Å². The number of aliphatic hydroxyl groups is 1. The van der Waals surface area contributed by atoms with Crippen LogP contribution in [-0.2, 0) is 22.0 Å². The van der Waals surface area contributed by atoms with Gasteiger partial charge in [-0.25, -0.2) is 14.4 Å². The number of rotatable bonds is 6. The number of aromatic nitrogens is 3. The van der Waals surface area contributed by atoms with Gasteiger partial charge in [-0.15, -0.1) is 0 Å². The van der Waals surface area contributed by atoms with Crippen LogP contribution < -0.4 is 15.8 Å². The van der Waals surface area contributed by atoms with Gasteiger partial charge in [0.25, 0.3) is 5.91 Å². The summed E-state index contributed by atoms with van der Waals surface area (Å²) in [5.41, 5.74) is -3.00. The number of ether oxygens (including phenoxy) is 1. The molecule has 226 valence electrons. The van der Waals surface area contributed by atoms with Crippen molar-refractivity contribution in [1.29, 1.82) is 0 Å². The van der Waals surface area contributed by atoms with Crippen molar-refractivity contribution in [3.8, 4) is 17.0 Å². The van der Waals surface area contributed by atoms with Crippen LogP contribution in [0.1, 0.15) is 34.2 Å². The Kier molecular flexibility index (Phi) is 6.87. The minimum absolute atomic E-state index is 0.0877. The molecule has 5 rings (SSSR count). The van der Waals surface area contributed by atoms with Crippen molar-refractivity contribution in [3.05, 3.63) is 83.2 Å². The normalized spacial score (nSPS) is 18.2. The lowest BCUT2D eigenvalue weighted by Gasteiger charge is -2.31. The van der Waals surface area contributed by atoms with Crippen LogP contribution in [-0.4, -0.2) is 50.6 Å². The summed E-state index contributed by atoms with van der Waals surface area (Å²) in [6.45, 7) is -0.552. The number of alkyl halides is 6. The Hall–Kier alpha value is -4.73. The lowest BCUT2D eigenvalue weighted by atomic mass is 9.81. The number of imidazole rings is 1. The molecular formula is C27H20F7N5O4. The number of fused-ring (bicyclic) bond motifs is 2. The Labute approximate surface area is 237 Å².